The van der Waals surface area contributed by atoms with Crippen LogP contribution in [0.1, 0.15) is 26.7 Å². The molecule has 118 valence electrons. The minimum atomic E-state index is -1.07. The second-order valence-electron chi connectivity index (χ2n) is 4.62. The number of aliphatic carboxylic acids is 1. The number of nitrogens with two attached hydrogens (primary N) is 3. The molecule has 0 saturated heterocycles. The highest BCUT2D eigenvalue weighted by molar-refractivity contribution is 5.86. The standard InChI is InChI=1S/C11H23N5O3.ClH/c1-6(2)8(10(18)19)16-9(17)7(12)4-3-5-15-11(13)14;/h6-8H,3-5,12H2,1-2H3,(H,16,17)(H,18,19)(H4,13,14,15);1H. The quantitative estimate of drug-likeness (QED) is 0.220. The highest BCUT2D eigenvalue weighted by atomic mass is 35.5. The van der Waals surface area contributed by atoms with Gasteiger partial charge in [-0.15, -0.1) is 12.4 Å². The van der Waals surface area contributed by atoms with Crippen LogP contribution >= 0.6 is 12.4 Å². The van der Waals surface area contributed by atoms with Crippen LogP contribution in [0.15, 0.2) is 4.99 Å². The van der Waals surface area contributed by atoms with Crippen LogP contribution in [0.3, 0.4) is 0 Å². The molecule has 0 aliphatic heterocycles. The summed E-state index contributed by atoms with van der Waals surface area (Å²) >= 11 is 0. The molecule has 9 heteroatoms. The van der Waals surface area contributed by atoms with Gasteiger partial charge in [0.25, 0.3) is 0 Å². The lowest BCUT2D eigenvalue weighted by atomic mass is 10.0. The summed E-state index contributed by atoms with van der Waals surface area (Å²) in [6.45, 7) is 3.81. The Morgan fingerprint density at radius 2 is 1.85 bits per heavy atom. The highest BCUT2D eigenvalue weighted by Gasteiger charge is 2.25. The summed E-state index contributed by atoms with van der Waals surface area (Å²) < 4.78 is 0. The van der Waals surface area contributed by atoms with Crippen molar-refractivity contribution in [1.29, 1.82) is 0 Å². The number of halogens is 1. The molecule has 0 aliphatic rings. The van der Waals surface area contributed by atoms with Gasteiger partial charge in [-0.05, 0) is 18.8 Å². The predicted octanol–water partition coefficient (Wildman–Crippen LogP) is -0.985. The van der Waals surface area contributed by atoms with E-state index in [1.165, 1.54) is 0 Å². The third-order valence-corrected chi connectivity index (χ3v) is 2.53. The molecule has 0 aromatic heterocycles. The zero-order valence-corrected chi connectivity index (χ0v) is 12.5. The van der Waals surface area contributed by atoms with Gasteiger partial charge in [-0.1, -0.05) is 13.8 Å². The molecule has 1 amide bonds. The first kappa shape index (κ1) is 20.8. The Morgan fingerprint density at radius 3 is 2.25 bits per heavy atom. The Bertz CT molecular complexity index is 345. The molecule has 2 unspecified atom stereocenters. The molecule has 8 nitrogen and oxygen atoms in total. The second kappa shape index (κ2) is 10.3. The molecule has 20 heavy (non-hydrogen) atoms. The van der Waals surface area contributed by atoms with Crippen molar-refractivity contribution in [3.63, 3.8) is 0 Å². The average molecular weight is 310 g/mol. The molecule has 0 bridgehead atoms. The monoisotopic (exact) mass is 309 g/mol. The van der Waals surface area contributed by atoms with E-state index in [2.05, 4.69) is 10.3 Å². The molecule has 0 aromatic rings. The summed E-state index contributed by atoms with van der Waals surface area (Å²) in [6, 6.07) is -1.70. The normalized spacial score (nSPS) is 13.0. The fourth-order valence-corrected chi connectivity index (χ4v) is 1.42. The lowest BCUT2D eigenvalue weighted by Crippen LogP contribution is -2.50. The average Bonchev–Trinajstić information content (AvgIpc) is 2.29. The van der Waals surface area contributed by atoms with Gasteiger partial charge in [0.05, 0.1) is 6.04 Å². The van der Waals surface area contributed by atoms with Gasteiger partial charge in [0.15, 0.2) is 5.96 Å². The van der Waals surface area contributed by atoms with E-state index < -0.39 is 24.0 Å². The first-order valence-corrected chi connectivity index (χ1v) is 6.09. The van der Waals surface area contributed by atoms with Crippen molar-refractivity contribution in [1.82, 2.24) is 5.32 Å². The second-order valence-corrected chi connectivity index (χ2v) is 4.62. The summed E-state index contributed by atoms with van der Waals surface area (Å²) in [4.78, 5) is 26.4. The van der Waals surface area contributed by atoms with Crippen LogP contribution < -0.4 is 22.5 Å². The number of nitrogens with zero attached hydrogens (tertiary/aromatic N) is 1. The molecule has 0 saturated carbocycles. The van der Waals surface area contributed by atoms with Gasteiger partial charge in [0.1, 0.15) is 6.04 Å². The topological polar surface area (TPSA) is 157 Å². The van der Waals surface area contributed by atoms with Gasteiger partial charge in [0.2, 0.25) is 5.91 Å². The van der Waals surface area contributed by atoms with Crippen LogP contribution in [0.4, 0.5) is 0 Å². The number of aliphatic imine (C=N–C) groups is 1. The number of hydrogen-bond donors (Lipinski definition) is 5. The van der Waals surface area contributed by atoms with Crippen molar-refractivity contribution < 1.29 is 14.7 Å². The molecule has 0 aliphatic carbocycles. The molecule has 0 heterocycles. The van der Waals surface area contributed by atoms with Crippen LogP contribution in [0.2, 0.25) is 0 Å². The largest absolute Gasteiger partial charge is 0.480 e. The first-order chi connectivity index (χ1) is 8.75. The molecule has 0 aromatic carbocycles. The van der Waals surface area contributed by atoms with Gasteiger partial charge in [-0.2, -0.15) is 0 Å². The smallest absolute Gasteiger partial charge is 0.326 e. The molecular formula is C11H24ClN5O3. The molecule has 2 atom stereocenters. The fourth-order valence-electron chi connectivity index (χ4n) is 1.42. The number of nitrogens with one attached hydrogen (secondary N) is 1. The van der Waals surface area contributed by atoms with Crippen LogP contribution in [0.5, 0.6) is 0 Å². The number of hydrogen-bond acceptors (Lipinski definition) is 4. The Labute approximate surface area is 124 Å². The van der Waals surface area contributed by atoms with Crippen molar-refractivity contribution in [2.75, 3.05) is 6.54 Å². The Hall–Kier alpha value is -1.54. The van der Waals surface area contributed by atoms with E-state index in [4.69, 9.17) is 22.3 Å². The van der Waals surface area contributed by atoms with Crippen molar-refractivity contribution in [2.45, 2.75) is 38.8 Å². The number of carbonyl (C=O) groups is 2. The Balaban J connectivity index is 0. The first-order valence-electron chi connectivity index (χ1n) is 6.09. The minimum absolute atomic E-state index is 0. The van der Waals surface area contributed by atoms with Crippen LogP contribution in [0, 0.1) is 5.92 Å². The number of rotatable bonds is 8. The van der Waals surface area contributed by atoms with E-state index in [-0.39, 0.29) is 24.3 Å². The number of carboxylic acid groups (broad SMARTS) is 1. The summed E-state index contributed by atoms with van der Waals surface area (Å²) in [6.07, 6.45) is 0.930. The number of amides is 1. The Morgan fingerprint density at radius 1 is 1.30 bits per heavy atom. The lowest BCUT2D eigenvalue weighted by molar-refractivity contribution is -0.143. The maximum atomic E-state index is 11.7. The summed E-state index contributed by atoms with van der Waals surface area (Å²) in [5.41, 5.74) is 16.0. The van der Waals surface area contributed by atoms with Crippen LogP contribution in [-0.2, 0) is 9.59 Å². The van der Waals surface area contributed by atoms with Crippen molar-refractivity contribution in [3.8, 4) is 0 Å². The molecule has 0 radical (unpaired) electrons. The number of carboxylic acids is 1. The maximum absolute atomic E-state index is 11.7. The van der Waals surface area contributed by atoms with Crippen LogP contribution in [0.25, 0.3) is 0 Å². The van der Waals surface area contributed by atoms with Crippen molar-refractivity contribution in [2.24, 2.45) is 28.1 Å². The van der Waals surface area contributed by atoms with E-state index in [0.717, 1.165) is 0 Å². The highest BCUT2D eigenvalue weighted by Crippen LogP contribution is 2.03. The van der Waals surface area contributed by atoms with E-state index in [1.807, 2.05) is 0 Å². The van der Waals surface area contributed by atoms with Crippen molar-refractivity contribution in [3.05, 3.63) is 0 Å². The maximum Gasteiger partial charge on any atom is 0.326 e. The molecule has 0 fully saturated rings. The van der Waals surface area contributed by atoms with Crippen LogP contribution in [-0.4, -0.2) is 41.6 Å². The predicted molar refractivity (Wildman–Crippen MR) is 79.5 cm³/mol. The number of guanidine groups is 1. The van der Waals surface area contributed by atoms with Gasteiger partial charge >= 0.3 is 5.97 Å². The molecule has 0 spiro atoms. The molecule has 8 N–H and O–H groups in total. The third kappa shape index (κ3) is 8.54. The lowest BCUT2D eigenvalue weighted by Gasteiger charge is -2.20. The van der Waals surface area contributed by atoms with E-state index >= 15 is 0 Å². The van der Waals surface area contributed by atoms with Gasteiger partial charge in [-0.3, -0.25) is 9.79 Å². The summed E-state index contributed by atoms with van der Waals surface area (Å²) in [5, 5.41) is 11.4. The number of carbonyl (C=O) groups excluding carboxylic acids is 1. The molecule has 0 rings (SSSR count). The zero-order chi connectivity index (χ0) is 15.0. The van der Waals surface area contributed by atoms with Crippen molar-refractivity contribution >= 4 is 30.2 Å². The van der Waals surface area contributed by atoms with E-state index in [9.17, 15) is 9.59 Å². The third-order valence-electron chi connectivity index (χ3n) is 2.53. The SMILES string of the molecule is CC(C)C(NC(=O)C(N)CCCN=C(N)N)C(=O)O.Cl. The summed E-state index contributed by atoms with van der Waals surface area (Å²) in [7, 11) is 0. The summed E-state index contributed by atoms with van der Waals surface area (Å²) in [5.74, 6) is -1.78. The van der Waals surface area contributed by atoms with Gasteiger partial charge in [0, 0.05) is 6.54 Å². The Kier molecular flexibility index (Phi) is 10.7. The van der Waals surface area contributed by atoms with Gasteiger partial charge in [-0.25, -0.2) is 4.79 Å². The van der Waals surface area contributed by atoms with E-state index in [0.29, 0.717) is 19.4 Å². The van der Waals surface area contributed by atoms with Gasteiger partial charge < -0.3 is 27.6 Å². The minimum Gasteiger partial charge on any atom is -0.480 e. The van der Waals surface area contributed by atoms with E-state index in [1.54, 1.807) is 13.8 Å². The zero-order valence-electron chi connectivity index (χ0n) is 11.7. The fraction of sp³-hybridized carbons (Fsp3) is 0.727. The molecular weight excluding hydrogens is 286 g/mol.